The van der Waals surface area contributed by atoms with Gasteiger partial charge >= 0.3 is 5.97 Å². The highest BCUT2D eigenvalue weighted by atomic mass is 32.2. The highest BCUT2D eigenvalue weighted by Gasteiger charge is 2.25. The van der Waals surface area contributed by atoms with Crippen molar-refractivity contribution in [1.29, 1.82) is 0 Å². The Bertz CT molecular complexity index is 577. The van der Waals surface area contributed by atoms with E-state index in [1.807, 2.05) is 0 Å². The maximum absolute atomic E-state index is 11.9. The van der Waals surface area contributed by atoms with Crippen LogP contribution >= 0.6 is 0 Å². The molecule has 1 fully saturated rings. The van der Waals surface area contributed by atoms with E-state index in [0.29, 0.717) is 12.2 Å². The molecule has 0 radical (unpaired) electrons. The Morgan fingerprint density at radius 3 is 2.73 bits per heavy atom. The summed E-state index contributed by atoms with van der Waals surface area (Å²) in [6.07, 6.45) is 0.515. The van der Waals surface area contributed by atoms with Gasteiger partial charge in [-0.1, -0.05) is 30.3 Å². The number of ether oxygens (including phenoxy) is 2. The second-order valence-corrected chi connectivity index (χ2v) is 6.79. The van der Waals surface area contributed by atoms with Crippen LogP contribution in [-0.4, -0.2) is 39.8 Å². The number of benzene rings is 1. The molecule has 0 spiro atoms. The average molecular weight is 328 g/mol. The van der Waals surface area contributed by atoms with Crippen molar-refractivity contribution < 1.29 is 26.9 Å². The molecule has 2 rings (SSSR count). The Kier molecular flexibility index (Phi) is 5.93. The second kappa shape index (κ2) is 7.71. The van der Waals surface area contributed by atoms with Crippen LogP contribution in [0.2, 0.25) is 0 Å². The SMILES string of the molecule is CC(OS(=O)(=O)Cc1ccccc1)C(=O)OCC1CCCO1. The lowest BCUT2D eigenvalue weighted by Crippen LogP contribution is -2.29. The molecular weight excluding hydrogens is 308 g/mol. The molecule has 2 atom stereocenters. The number of carbonyl (C=O) groups is 1. The standard InChI is InChI=1S/C15H20O6S/c1-12(15(16)20-10-14-8-5-9-19-14)21-22(17,18)11-13-6-3-2-4-7-13/h2-4,6-7,12,14H,5,8-11H2,1H3. The number of hydrogen-bond acceptors (Lipinski definition) is 6. The van der Waals surface area contributed by atoms with E-state index in [1.54, 1.807) is 30.3 Å². The van der Waals surface area contributed by atoms with E-state index < -0.39 is 22.2 Å². The van der Waals surface area contributed by atoms with Gasteiger partial charge < -0.3 is 9.47 Å². The molecule has 0 saturated carbocycles. The van der Waals surface area contributed by atoms with Crippen molar-refractivity contribution in [3.63, 3.8) is 0 Å². The lowest BCUT2D eigenvalue weighted by molar-refractivity contribution is -0.154. The minimum absolute atomic E-state index is 0.0999. The van der Waals surface area contributed by atoms with E-state index in [4.69, 9.17) is 13.7 Å². The molecular formula is C15H20O6S. The van der Waals surface area contributed by atoms with Crippen molar-refractivity contribution in [3.8, 4) is 0 Å². The molecule has 0 aromatic heterocycles. The monoisotopic (exact) mass is 328 g/mol. The van der Waals surface area contributed by atoms with Crippen LogP contribution in [0.15, 0.2) is 30.3 Å². The Balaban J connectivity index is 1.81. The minimum Gasteiger partial charge on any atom is -0.461 e. The zero-order chi connectivity index (χ0) is 16.0. The molecule has 1 aliphatic heterocycles. The third-order valence-corrected chi connectivity index (χ3v) is 4.51. The molecule has 7 heteroatoms. The lowest BCUT2D eigenvalue weighted by atomic mass is 10.2. The molecule has 1 saturated heterocycles. The molecule has 1 aromatic carbocycles. The van der Waals surface area contributed by atoms with E-state index >= 15 is 0 Å². The van der Waals surface area contributed by atoms with Gasteiger partial charge in [-0.3, -0.25) is 4.18 Å². The van der Waals surface area contributed by atoms with Crippen molar-refractivity contribution >= 4 is 16.1 Å². The molecule has 0 amide bonds. The van der Waals surface area contributed by atoms with Crippen LogP contribution in [0.1, 0.15) is 25.3 Å². The predicted octanol–water partition coefficient (Wildman–Crippen LogP) is 1.64. The van der Waals surface area contributed by atoms with E-state index in [1.165, 1.54) is 6.92 Å². The van der Waals surface area contributed by atoms with Gasteiger partial charge in [0.25, 0.3) is 10.1 Å². The van der Waals surface area contributed by atoms with Gasteiger partial charge in [0, 0.05) is 6.61 Å². The first-order valence-electron chi connectivity index (χ1n) is 7.19. The number of rotatable bonds is 7. The Labute approximate surface area is 130 Å². The second-order valence-electron chi connectivity index (χ2n) is 5.19. The molecule has 6 nitrogen and oxygen atoms in total. The van der Waals surface area contributed by atoms with Crippen LogP contribution in [0.25, 0.3) is 0 Å². The molecule has 0 bridgehead atoms. The summed E-state index contributed by atoms with van der Waals surface area (Å²) in [6, 6.07) is 8.64. The third-order valence-electron chi connectivity index (χ3n) is 3.24. The lowest BCUT2D eigenvalue weighted by Gasteiger charge is -2.14. The summed E-state index contributed by atoms with van der Waals surface area (Å²) in [5.41, 5.74) is 0.599. The van der Waals surface area contributed by atoms with Crippen LogP contribution in [0, 0.1) is 0 Å². The molecule has 0 N–H and O–H groups in total. The van der Waals surface area contributed by atoms with Crippen LogP contribution in [-0.2, 0) is 34.3 Å². The predicted molar refractivity (Wildman–Crippen MR) is 79.5 cm³/mol. The van der Waals surface area contributed by atoms with Gasteiger partial charge in [0.15, 0.2) is 6.10 Å². The molecule has 1 heterocycles. The minimum atomic E-state index is -3.85. The highest BCUT2D eigenvalue weighted by molar-refractivity contribution is 7.85. The molecule has 22 heavy (non-hydrogen) atoms. The smallest absolute Gasteiger partial charge is 0.336 e. The van der Waals surface area contributed by atoms with E-state index in [0.717, 1.165) is 12.8 Å². The normalized spacial score (nSPS) is 19.8. The summed E-state index contributed by atoms with van der Waals surface area (Å²) in [5, 5.41) is 0. The van der Waals surface area contributed by atoms with E-state index in [-0.39, 0.29) is 18.5 Å². The van der Waals surface area contributed by atoms with E-state index in [9.17, 15) is 13.2 Å². The first-order valence-corrected chi connectivity index (χ1v) is 8.77. The third kappa shape index (κ3) is 5.40. The quantitative estimate of drug-likeness (QED) is 0.559. The first-order chi connectivity index (χ1) is 10.5. The van der Waals surface area contributed by atoms with Gasteiger partial charge in [0.2, 0.25) is 0 Å². The van der Waals surface area contributed by atoms with Crippen LogP contribution in [0.5, 0.6) is 0 Å². The summed E-state index contributed by atoms with van der Waals surface area (Å²) in [7, 11) is -3.85. The van der Waals surface area contributed by atoms with Crippen molar-refractivity contribution in [2.45, 2.75) is 37.7 Å². The van der Waals surface area contributed by atoms with Crippen molar-refractivity contribution in [3.05, 3.63) is 35.9 Å². The van der Waals surface area contributed by atoms with Gasteiger partial charge in [0.05, 0.1) is 6.10 Å². The number of esters is 1. The summed E-state index contributed by atoms with van der Waals surface area (Å²) >= 11 is 0. The summed E-state index contributed by atoms with van der Waals surface area (Å²) in [4.78, 5) is 11.8. The highest BCUT2D eigenvalue weighted by Crippen LogP contribution is 2.14. The summed E-state index contributed by atoms with van der Waals surface area (Å²) < 4.78 is 39.1. The van der Waals surface area contributed by atoms with Gasteiger partial charge in [-0.05, 0) is 25.3 Å². The summed E-state index contributed by atoms with van der Waals surface area (Å²) in [6.45, 7) is 2.16. The molecule has 1 aromatic rings. The molecule has 0 aliphatic carbocycles. The van der Waals surface area contributed by atoms with Crippen molar-refractivity contribution in [2.24, 2.45) is 0 Å². The van der Waals surface area contributed by atoms with Crippen LogP contribution in [0.4, 0.5) is 0 Å². The Morgan fingerprint density at radius 2 is 2.09 bits per heavy atom. The Morgan fingerprint density at radius 1 is 1.36 bits per heavy atom. The largest absolute Gasteiger partial charge is 0.461 e. The topological polar surface area (TPSA) is 78.9 Å². The van der Waals surface area contributed by atoms with Crippen LogP contribution in [0.3, 0.4) is 0 Å². The fraction of sp³-hybridized carbons (Fsp3) is 0.533. The van der Waals surface area contributed by atoms with Crippen molar-refractivity contribution in [1.82, 2.24) is 0 Å². The zero-order valence-electron chi connectivity index (χ0n) is 12.4. The zero-order valence-corrected chi connectivity index (χ0v) is 13.3. The van der Waals surface area contributed by atoms with Gasteiger partial charge in [-0.15, -0.1) is 0 Å². The molecule has 1 aliphatic rings. The number of carbonyl (C=O) groups excluding carboxylic acids is 1. The number of hydrogen-bond donors (Lipinski definition) is 0. The van der Waals surface area contributed by atoms with Gasteiger partial charge in [-0.25, -0.2) is 4.79 Å². The molecule has 122 valence electrons. The van der Waals surface area contributed by atoms with Gasteiger partial charge in [-0.2, -0.15) is 8.42 Å². The maximum atomic E-state index is 11.9. The van der Waals surface area contributed by atoms with Gasteiger partial charge in [0.1, 0.15) is 12.4 Å². The van der Waals surface area contributed by atoms with Crippen molar-refractivity contribution in [2.75, 3.05) is 13.2 Å². The average Bonchev–Trinajstić information content (AvgIpc) is 2.98. The first kappa shape index (κ1) is 16.9. The Hall–Kier alpha value is -1.44. The summed E-state index contributed by atoms with van der Waals surface area (Å²) in [5.74, 6) is -0.982. The van der Waals surface area contributed by atoms with Crippen LogP contribution < -0.4 is 0 Å². The van der Waals surface area contributed by atoms with E-state index in [2.05, 4.69) is 0 Å². The molecule has 2 unspecified atom stereocenters. The fourth-order valence-corrected chi connectivity index (χ4v) is 3.33. The fourth-order valence-electron chi connectivity index (χ4n) is 2.14. The maximum Gasteiger partial charge on any atom is 0.336 e.